The third-order valence-corrected chi connectivity index (χ3v) is 14.6. The highest BCUT2D eigenvalue weighted by Gasteiger charge is 2.62. The molecule has 2 saturated carbocycles. The first-order valence-electron chi connectivity index (χ1n) is 20.9. The number of pyridine rings is 2. The van der Waals surface area contributed by atoms with Gasteiger partial charge in [-0.3, -0.25) is 28.9 Å². The minimum Gasteiger partial charge on any atom is -0.495 e. The Hall–Kier alpha value is -4.90. The normalized spacial score (nSPS) is 27.0. The van der Waals surface area contributed by atoms with Crippen LogP contribution in [0.5, 0.6) is 11.6 Å². The second-order valence-electron chi connectivity index (χ2n) is 16.9. The molecule has 4 fully saturated rings. The highest BCUT2D eigenvalue weighted by molar-refractivity contribution is 7.91. The van der Waals surface area contributed by atoms with Gasteiger partial charge in [-0.2, -0.15) is 0 Å². The number of aromatic nitrogens is 2. The molecule has 0 bridgehead atoms. The highest BCUT2D eigenvalue weighted by atomic mass is 35.5. The van der Waals surface area contributed by atoms with E-state index < -0.39 is 80.9 Å². The van der Waals surface area contributed by atoms with Gasteiger partial charge in [-0.05, 0) is 75.3 Å². The number of benzene rings is 1. The number of amides is 4. The number of fused-ring (bicyclic) bond motifs is 3. The smallest absolute Gasteiger partial charge is 0.265 e. The molecular formula is C43H49ClF2N6O8S. The lowest BCUT2D eigenvalue weighted by Gasteiger charge is -2.34. The van der Waals surface area contributed by atoms with Crippen LogP contribution in [0.2, 0.25) is 5.02 Å². The van der Waals surface area contributed by atoms with Gasteiger partial charge < -0.3 is 24.6 Å². The Morgan fingerprint density at radius 1 is 1.05 bits per heavy atom. The van der Waals surface area contributed by atoms with Gasteiger partial charge in [0.1, 0.15) is 23.4 Å². The number of ether oxygens (including phenoxy) is 2. The second kappa shape index (κ2) is 17.1. The molecule has 2 aliphatic carbocycles. The summed E-state index contributed by atoms with van der Waals surface area (Å²) in [7, 11) is -2.46. The number of allylic oxidation sites excluding steroid dienone is 1. The van der Waals surface area contributed by atoms with Crippen molar-refractivity contribution in [1.29, 1.82) is 0 Å². The summed E-state index contributed by atoms with van der Waals surface area (Å²) in [6.45, 7) is -0.689. The van der Waals surface area contributed by atoms with Crippen molar-refractivity contribution in [2.24, 2.45) is 11.8 Å². The maximum Gasteiger partial charge on any atom is 0.265 e. The average Bonchev–Trinajstić information content (AvgIpc) is 4.16. The van der Waals surface area contributed by atoms with Gasteiger partial charge in [-0.1, -0.05) is 42.7 Å². The predicted molar refractivity (Wildman–Crippen MR) is 221 cm³/mol. The molecule has 0 spiro atoms. The first-order chi connectivity index (χ1) is 29.2. The Balaban J connectivity index is 1.14. The standard InChI is InChI=1S/C43H49ClF2N6O8S/c1-59-35-16-15-30-31(37(35)44)22-33(32-12-7-8-18-47-32)48-39(30)60-28-21-34-38(54)49-43(41(56)50-61(57,58)29-13-14-29)23-27(43)11-6-4-2-3-5-10-26(40(55)52(34)24-28)20-36(53)51-19-9-17-42(45,46)25-51/h6-8,11-12,15-16,18,22,26-29,34H,2-5,9-10,13-14,17,19-21,23-25H2,1H3,(H,49,54)(H,50,56)/t26-,27-,28-,34+,43-/m1/s1. The fourth-order valence-electron chi connectivity index (χ4n) is 8.79. The zero-order chi connectivity index (χ0) is 43.1. The Kier molecular flexibility index (Phi) is 12.0. The number of hydrogen-bond acceptors (Lipinski definition) is 10. The molecule has 5 aliphatic rings. The molecule has 5 atom stereocenters. The molecule has 326 valence electrons. The van der Waals surface area contributed by atoms with E-state index in [2.05, 4.69) is 15.0 Å². The predicted octanol–water partition coefficient (Wildman–Crippen LogP) is 5.57. The van der Waals surface area contributed by atoms with E-state index in [1.807, 2.05) is 12.2 Å². The monoisotopic (exact) mass is 882 g/mol. The van der Waals surface area contributed by atoms with Crippen molar-refractivity contribution in [3.63, 3.8) is 0 Å². The topological polar surface area (TPSA) is 177 Å². The molecule has 2 aromatic heterocycles. The van der Waals surface area contributed by atoms with Crippen molar-refractivity contribution in [2.45, 2.75) is 106 Å². The maximum absolute atomic E-state index is 14.8. The summed E-state index contributed by atoms with van der Waals surface area (Å²) in [5.74, 6) is -6.52. The summed E-state index contributed by atoms with van der Waals surface area (Å²) in [6.07, 6.45) is 7.88. The van der Waals surface area contributed by atoms with Crippen LogP contribution in [0, 0.1) is 11.8 Å². The summed E-state index contributed by atoms with van der Waals surface area (Å²) < 4.78 is 69.1. The van der Waals surface area contributed by atoms with Gasteiger partial charge in [0.05, 0.1) is 41.9 Å². The van der Waals surface area contributed by atoms with Crippen LogP contribution in [-0.2, 0) is 29.2 Å². The Morgan fingerprint density at radius 3 is 2.61 bits per heavy atom. The van der Waals surface area contributed by atoms with Gasteiger partial charge in [0, 0.05) is 54.6 Å². The van der Waals surface area contributed by atoms with E-state index in [0.29, 0.717) is 65.0 Å². The molecule has 3 aromatic rings. The Labute approximate surface area is 357 Å². The molecule has 61 heavy (non-hydrogen) atoms. The zero-order valence-corrected chi connectivity index (χ0v) is 35.4. The first-order valence-corrected chi connectivity index (χ1v) is 22.9. The number of hydrogen-bond donors (Lipinski definition) is 2. The van der Waals surface area contributed by atoms with Crippen LogP contribution in [0.3, 0.4) is 0 Å². The van der Waals surface area contributed by atoms with Gasteiger partial charge >= 0.3 is 0 Å². The molecule has 18 heteroatoms. The number of rotatable bonds is 9. The first kappa shape index (κ1) is 42.8. The lowest BCUT2D eigenvalue weighted by Crippen LogP contribution is -2.57. The lowest BCUT2D eigenvalue weighted by atomic mass is 9.94. The molecule has 2 N–H and O–H groups in total. The molecular weight excluding hydrogens is 834 g/mol. The van der Waals surface area contributed by atoms with Crippen LogP contribution in [0.1, 0.15) is 77.0 Å². The largest absolute Gasteiger partial charge is 0.495 e. The number of sulfonamides is 1. The van der Waals surface area contributed by atoms with Crippen LogP contribution in [0.15, 0.2) is 54.7 Å². The third-order valence-electron chi connectivity index (χ3n) is 12.4. The van der Waals surface area contributed by atoms with Gasteiger partial charge in [0.25, 0.3) is 11.8 Å². The minimum atomic E-state index is -3.96. The van der Waals surface area contributed by atoms with Gasteiger partial charge in [-0.15, -0.1) is 0 Å². The van der Waals surface area contributed by atoms with Gasteiger partial charge in [0.15, 0.2) is 0 Å². The SMILES string of the molecule is COc1ccc2c(O[C@@H]3C[C@H]4C(=O)N[C@]5(C(=O)NS(=O)(=O)C6CC6)C[C@H]5C=CCCCCC[C@H](CC(=O)N5CCCC(F)(F)C5)C(=O)N4C3)nc(-c3ccccn3)cc2c1Cl. The number of halogens is 3. The molecule has 0 unspecified atom stereocenters. The molecule has 2 saturated heterocycles. The summed E-state index contributed by atoms with van der Waals surface area (Å²) >= 11 is 6.82. The van der Waals surface area contributed by atoms with Crippen molar-refractivity contribution in [2.75, 3.05) is 26.7 Å². The van der Waals surface area contributed by atoms with Gasteiger partial charge in [-0.25, -0.2) is 22.2 Å². The highest BCUT2D eigenvalue weighted by Crippen LogP contribution is 2.46. The molecule has 14 nitrogen and oxygen atoms in total. The van der Waals surface area contributed by atoms with Crippen LogP contribution in [0.25, 0.3) is 22.2 Å². The summed E-state index contributed by atoms with van der Waals surface area (Å²) in [6, 6.07) is 9.30. The number of carbonyl (C=O) groups excluding carboxylic acids is 4. The van der Waals surface area contributed by atoms with Crippen LogP contribution < -0.4 is 19.5 Å². The average molecular weight is 883 g/mol. The van der Waals surface area contributed by atoms with Gasteiger partial charge in [0.2, 0.25) is 33.6 Å². The molecule has 1 aromatic carbocycles. The molecule has 3 aliphatic heterocycles. The fourth-order valence-corrected chi connectivity index (χ4v) is 10.4. The van der Waals surface area contributed by atoms with Crippen molar-refractivity contribution >= 4 is 56.0 Å². The molecule has 5 heterocycles. The van der Waals surface area contributed by atoms with Crippen molar-refractivity contribution in [3.05, 3.63) is 59.8 Å². The van der Waals surface area contributed by atoms with E-state index in [0.717, 1.165) is 11.3 Å². The molecule has 8 rings (SSSR count). The van der Waals surface area contributed by atoms with Crippen molar-refractivity contribution < 1.29 is 45.9 Å². The maximum atomic E-state index is 14.8. The molecule has 4 amide bonds. The quantitative estimate of drug-likeness (QED) is 0.258. The lowest BCUT2D eigenvalue weighted by molar-refractivity contribution is -0.148. The number of methoxy groups -OCH3 is 1. The molecule has 0 radical (unpaired) electrons. The van der Waals surface area contributed by atoms with E-state index in [1.165, 1.54) is 12.0 Å². The number of carbonyl (C=O) groups is 4. The Bertz CT molecular complexity index is 2350. The fraction of sp³-hybridized carbons (Fsp3) is 0.535. The van der Waals surface area contributed by atoms with Crippen molar-refractivity contribution in [3.8, 4) is 23.0 Å². The van der Waals surface area contributed by atoms with E-state index in [1.54, 1.807) is 42.6 Å². The summed E-state index contributed by atoms with van der Waals surface area (Å²) in [5.41, 5.74) is -0.618. The summed E-state index contributed by atoms with van der Waals surface area (Å²) in [5, 5.41) is 3.56. The van der Waals surface area contributed by atoms with E-state index in [4.69, 9.17) is 26.1 Å². The van der Waals surface area contributed by atoms with Crippen LogP contribution in [0.4, 0.5) is 8.78 Å². The van der Waals surface area contributed by atoms with Crippen LogP contribution in [-0.4, -0.2) is 107 Å². The number of nitrogens with one attached hydrogen (secondary N) is 2. The second-order valence-corrected chi connectivity index (χ2v) is 19.2. The number of likely N-dealkylation sites (tertiary alicyclic amines) is 1. The van der Waals surface area contributed by atoms with E-state index >= 15 is 0 Å². The number of piperidine rings is 1. The third kappa shape index (κ3) is 9.18. The Morgan fingerprint density at radius 2 is 1.87 bits per heavy atom. The number of nitrogens with zero attached hydrogens (tertiary/aromatic N) is 4. The van der Waals surface area contributed by atoms with Crippen molar-refractivity contribution in [1.82, 2.24) is 29.8 Å². The summed E-state index contributed by atoms with van der Waals surface area (Å²) in [4.78, 5) is 68.7. The number of alkyl halides is 2. The van der Waals surface area contributed by atoms with E-state index in [9.17, 15) is 36.4 Å². The van der Waals surface area contributed by atoms with E-state index in [-0.39, 0.29) is 57.5 Å². The zero-order valence-electron chi connectivity index (χ0n) is 33.8. The minimum absolute atomic E-state index is 0.0595. The van der Waals surface area contributed by atoms with Crippen LogP contribution >= 0.6 is 11.6 Å².